The van der Waals surface area contributed by atoms with Crippen LogP contribution in [0.1, 0.15) is 38.2 Å². The third-order valence-electron chi connectivity index (χ3n) is 3.70. The molecule has 1 aliphatic rings. The number of hydroxylamine groups is 1. The Balaban J connectivity index is 0.00000242. The van der Waals surface area contributed by atoms with Gasteiger partial charge >= 0.3 is 5.97 Å². The summed E-state index contributed by atoms with van der Waals surface area (Å²) >= 11 is 1.56. The first-order valence-corrected chi connectivity index (χ1v) is 8.40. The van der Waals surface area contributed by atoms with Crippen LogP contribution in [0.4, 0.5) is 0 Å². The molecule has 6 heteroatoms. The molecular formula is C16H23ClN2O2S. The normalized spacial score (nSPS) is 15.9. The summed E-state index contributed by atoms with van der Waals surface area (Å²) in [6.45, 7) is 1.90. The summed E-state index contributed by atoms with van der Waals surface area (Å²) in [5, 5.41) is 6.75. The maximum Gasteiger partial charge on any atom is 0.327 e. The van der Waals surface area contributed by atoms with Crippen molar-refractivity contribution < 1.29 is 27.4 Å². The van der Waals surface area contributed by atoms with Gasteiger partial charge in [0.1, 0.15) is 6.04 Å². The molecule has 1 aliphatic carbocycles. The Hall–Kier alpha value is -1.04. The summed E-state index contributed by atoms with van der Waals surface area (Å²) in [6.07, 6.45) is 4.13. The van der Waals surface area contributed by atoms with Gasteiger partial charge in [-0.05, 0) is 25.3 Å². The second-order valence-electron chi connectivity index (χ2n) is 5.42. The van der Waals surface area contributed by atoms with E-state index in [1.807, 2.05) is 25.1 Å². The van der Waals surface area contributed by atoms with Crippen LogP contribution in [0.5, 0.6) is 0 Å². The zero-order valence-electron chi connectivity index (χ0n) is 12.8. The molecule has 0 aliphatic heterocycles. The predicted octanol–water partition coefficient (Wildman–Crippen LogP) is -1.29. The Bertz CT molecular complexity index is 478. The summed E-state index contributed by atoms with van der Waals surface area (Å²) in [5.41, 5.74) is 3.99. The molecule has 0 heterocycles. The standard InChI is InChI=1S/C16H22N2O2S.ClH/c1-12(18-20-16(19)14-9-5-6-10-14)15(17)21-11-13-7-3-2-4-8-13;/h2-4,7-8,12,14,17-18H,5-6,9-11H2,1H3;1H. The highest BCUT2D eigenvalue weighted by atomic mass is 35.5. The van der Waals surface area contributed by atoms with Crippen LogP contribution < -0.4 is 23.3 Å². The van der Waals surface area contributed by atoms with Crippen molar-refractivity contribution >= 4 is 22.8 Å². The molecule has 3 N–H and O–H groups in total. The van der Waals surface area contributed by atoms with E-state index < -0.39 is 0 Å². The molecule has 1 unspecified atom stereocenters. The number of halogens is 1. The minimum absolute atomic E-state index is 0. The van der Waals surface area contributed by atoms with Gasteiger partial charge in [0.05, 0.1) is 5.92 Å². The minimum atomic E-state index is -0.163. The first-order valence-electron chi connectivity index (χ1n) is 7.42. The van der Waals surface area contributed by atoms with Gasteiger partial charge in [0.25, 0.3) is 0 Å². The van der Waals surface area contributed by atoms with E-state index in [1.54, 1.807) is 11.8 Å². The molecule has 1 fully saturated rings. The fourth-order valence-electron chi connectivity index (χ4n) is 2.32. The summed E-state index contributed by atoms with van der Waals surface area (Å²) in [7, 11) is 0. The molecule has 1 saturated carbocycles. The van der Waals surface area contributed by atoms with Crippen LogP contribution >= 0.6 is 11.8 Å². The zero-order valence-corrected chi connectivity index (χ0v) is 14.3. The van der Waals surface area contributed by atoms with Crippen molar-refractivity contribution in [2.24, 2.45) is 5.92 Å². The number of nitrogens with one attached hydrogen (secondary N) is 1. The molecule has 0 radical (unpaired) electrons. The van der Waals surface area contributed by atoms with Crippen LogP contribution in [0, 0.1) is 5.92 Å². The highest BCUT2D eigenvalue weighted by Gasteiger charge is 2.25. The molecule has 22 heavy (non-hydrogen) atoms. The average molecular weight is 343 g/mol. The fraction of sp³-hybridized carbons (Fsp3) is 0.500. The van der Waals surface area contributed by atoms with Gasteiger partial charge in [0, 0.05) is 5.75 Å². The van der Waals surface area contributed by atoms with E-state index in [2.05, 4.69) is 17.6 Å². The lowest BCUT2D eigenvalue weighted by Gasteiger charge is -2.13. The molecule has 122 valence electrons. The van der Waals surface area contributed by atoms with Crippen molar-refractivity contribution in [2.75, 3.05) is 0 Å². The third-order valence-corrected chi connectivity index (χ3v) is 4.86. The second-order valence-corrected chi connectivity index (χ2v) is 6.47. The number of carbonyl (C=O) groups is 1. The highest BCUT2D eigenvalue weighted by molar-refractivity contribution is 8.13. The van der Waals surface area contributed by atoms with Crippen LogP contribution in [-0.2, 0) is 15.4 Å². The number of hydrogen-bond donors (Lipinski definition) is 2. The molecule has 1 aromatic carbocycles. The topological polar surface area (TPSA) is 63.9 Å². The molecular weight excluding hydrogens is 320 g/mol. The Morgan fingerprint density at radius 1 is 1.36 bits per heavy atom. The van der Waals surface area contributed by atoms with Gasteiger partial charge in [-0.25, -0.2) is 0 Å². The van der Waals surface area contributed by atoms with Crippen LogP contribution in [0.15, 0.2) is 30.3 Å². The van der Waals surface area contributed by atoms with Crippen LogP contribution in [0.25, 0.3) is 0 Å². The minimum Gasteiger partial charge on any atom is -1.00 e. The van der Waals surface area contributed by atoms with E-state index in [0.29, 0.717) is 0 Å². The lowest BCUT2D eigenvalue weighted by molar-refractivity contribution is -0.158. The van der Waals surface area contributed by atoms with Gasteiger partial charge in [-0.15, -0.1) is 5.48 Å². The second kappa shape index (κ2) is 9.87. The molecule has 0 amide bonds. The summed E-state index contributed by atoms with van der Waals surface area (Å²) < 4.78 is 0. The predicted molar refractivity (Wildman–Crippen MR) is 85.3 cm³/mol. The van der Waals surface area contributed by atoms with E-state index in [1.165, 1.54) is 5.56 Å². The monoisotopic (exact) mass is 342 g/mol. The van der Waals surface area contributed by atoms with Gasteiger partial charge in [-0.3, -0.25) is 10.2 Å². The zero-order chi connectivity index (χ0) is 15.1. The van der Waals surface area contributed by atoms with Gasteiger partial charge in [-0.1, -0.05) is 54.9 Å². The molecule has 0 spiro atoms. The van der Waals surface area contributed by atoms with E-state index >= 15 is 0 Å². The summed E-state index contributed by atoms with van der Waals surface area (Å²) in [6, 6.07) is 9.99. The van der Waals surface area contributed by atoms with Crippen molar-refractivity contribution in [3.63, 3.8) is 0 Å². The summed E-state index contributed by atoms with van der Waals surface area (Å²) in [5.74, 6) is 0.720. The van der Waals surface area contributed by atoms with Crippen LogP contribution in [-0.4, -0.2) is 17.1 Å². The largest absolute Gasteiger partial charge is 1.00 e. The third kappa shape index (κ3) is 5.99. The number of rotatable bonds is 6. The van der Waals surface area contributed by atoms with E-state index in [4.69, 9.17) is 10.2 Å². The highest BCUT2D eigenvalue weighted by Crippen LogP contribution is 2.25. The van der Waals surface area contributed by atoms with Crippen molar-refractivity contribution in [3.8, 4) is 0 Å². The van der Waals surface area contributed by atoms with Gasteiger partial charge in [0.15, 0.2) is 0 Å². The van der Waals surface area contributed by atoms with E-state index in [0.717, 1.165) is 36.5 Å². The maximum absolute atomic E-state index is 11.8. The van der Waals surface area contributed by atoms with E-state index in [9.17, 15) is 4.79 Å². The molecule has 0 saturated heterocycles. The van der Waals surface area contributed by atoms with Crippen molar-refractivity contribution in [2.45, 2.75) is 44.4 Å². The smallest absolute Gasteiger partial charge is 0.327 e. The molecule has 1 atom stereocenters. The number of hydrogen-bond acceptors (Lipinski definition) is 4. The first kappa shape index (κ1) is 19.0. The van der Waals surface area contributed by atoms with Gasteiger partial charge in [0.2, 0.25) is 5.04 Å². The molecule has 1 aromatic rings. The molecule has 0 bridgehead atoms. The average Bonchev–Trinajstić information content (AvgIpc) is 3.05. The van der Waals surface area contributed by atoms with Crippen LogP contribution in [0.2, 0.25) is 0 Å². The van der Waals surface area contributed by atoms with Crippen molar-refractivity contribution in [1.82, 2.24) is 5.48 Å². The SMILES string of the molecule is CC(NOC(=O)C1CCCC1)C(=[NH2+])SCc1ccccc1.[Cl-]. The van der Waals surface area contributed by atoms with Crippen molar-refractivity contribution in [1.29, 1.82) is 0 Å². The number of thioether (sulfide) groups is 1. The summed E-state index contributed by atoms with van der Waals surface area (Å²) in [4.78, 5) is 17.0. The Kier molecular flexibility index (Phi) is 8.53. The quantitative estimate of drug-likeness (QED) is 0.383. The number of carbonyl (C=O) groups excluding carboxylic acids is 1. The van der Waals surface area contributed by atoms with Crippen molar-refractivity contribution in [3.05, 3.63) is 35.9 Å². The molecule has 2 rings (SSSR count). The Morgan fingerprint density at radius 2 is 2.00 bits per heavy atom. The Morgan fingerprint density at radius 3 is 2.64 bits per heavy atom. The van der Waals surface area contributed by atoms with E-state index in [-0.39, 0.29) is 30.3 Å². The lowest BCUT2D eigenvalue weighted by Crippen LogP contribution is -3.00. The number of benzene rings is 1. The van der Waals surface area contributed by atoms with Gasteiger partial charge in [-0.2, -0.15) is 0 Å². The first-order chi connectivity index (χ1) is 10.2. The van der Waals surface area contributed by atoms with Crippen LogP contribution in [0.3, 0.4) is 0 Å². The van der Waals surface area contributed by atoms with Gasteiger partial charge < -0.3 is 17.2 Å². The lowest BCUT2D eigenvalue weighted by atomic mass is 10.1. The Labute approximate surface area is 142 Å². The fourth-order valence-corrected chi connectivity index (χ4v) is 3.14. The molecule has 0 aromatic heterocycles. The molecule has 4 nitrogen and oxygen atoms in total. The maximum atomic E-state index is 11.8. The number of nitrogens with two attached hydrogens (primary N) is 1.